The van der Waals surface area contributed by atoms with Crippen molar-refractivity contribution in [2.45, 2.75) is 13.3 Å². The maximum Gasteiger partial charge on any atom is 0.234 e. The van der Waals surface area contributed by atoms with Gasteiger partial charge in [-0.3, -0.25) is 4.79 Å². The van der Waals surface area contributed by atoms with Crippen LogP contribution in [0.1, 0.15) is 10.6 Å². The van der Waals surface area contributed by atoms with E-state index in [1.165, 1.54) is 5.56 Å². The van der Waals surface area contributed by atoms with Crippen molar-refractivity contribution in [2.75, 3.05) is 12.4 Å². The van der Waals surface area contributed by atoms with Gasteiger partial charge >= 0.3 is 0 Å². The van der Waals surface area contributed by atoms with Crippen molar-refractivity contribution in [1.82, 2.24) is 10.3 Å². The van der Waals surface area contributed by atoms with Gasteiger partial charge in [-0.25, -0.2) is 4.98 Å². The van der Waals surface area contributed by atoms with E-state index in [4.69, 9.17) is 11.6 Å². The number of thiazole rings is 1. The maximum atomic E-state index is 11.0. The molecule has 0 bridgehead atoms. The number of carbonyl (C=O) groups excluding carboxylic acids is 1. The molecule has 0 saturated heterocycles. The second kappa shape index (κ2) is 6.68. The van der Waals surface area contributed by atoms with E-state index in [-0.39, 0.29) is 11.8 Å². The smallest absolute Gasteiger partial charge is 0.234 e. The first kappa shape index (κ1) is 14.0. The number of aryl methyl sites for hydroxylation is 1. The van der Waals surface area contributed by atoms with Crippen molar-refractivity contribution < 1.29 is 4.79 Å². The predicted molar refractivity (Wildman–Crippen MR) is 79.7 cm³/mol. The monoisotopic (exact) mass is 294 g/mol. The lowest BCUT2D eigenvalue weighted by atomic mass is 10.1. The first-order valence-corrected chi connectivity index (χ1v) is 7.44. The lowest BCUT2D eigenvalue weighted by Gasteiger charge is -2.00. The quantitative estimate of drug-likeness (QED) is 0.861. The highest BCUT2D eigenvalue weighted by molar-refractivity contribution is 7.09. The third kappa shape index (κ3) is 4.04. The molecule has 5 heteroatoms. The lowest BCUT2D eigenvalue weighted by molar-refractivity contribution is -0.118. The number of hydrogen-bond donors (Lipinski definition) is 1. The number of halogens is 1. The van der Waals surface area contributed by atoms with Gasteiger partial charge in [0.1, 0.15) is 5.88 Å². The van der Waals surface area contributed by atoms with Crippen molar-refractivity contribution in [1.29, 1.82) is 0 Å². The Hall–Kier alpha value is -1.39. The summed E-state index contributed by atoms with van der Waals surface area (Å²) in [5.41, 5.74) is 3.35. The van der Waals surface area contributed by atoms with E-state index in [0.29, 0.717) is 6.54 Å². The van der Waals surface area contributed by atoms with Gasteiger partial charge in [0.15, 0.2) is 0 Å². The van der Waals surface area contributed by atoms with E-state index in [1.54, 1.807) is 11.3 Å². The molecule has 2 aromatic rings. The van der Waals surface area contributed by atoms with Crippen molar-refractivity contribution in [3.05, 3.63) is 40.2 Å². The number of benzene rings is 1. The molecule has 1 aromatic heterocycles. The van der Waals surface area contributed by atoms with E-state index >= 15 is 0 Å². The summed E-state index contributed by atoms with van der Waals surface area (Å²) in [5.74, 6) is -0.135. The molecular formula is C14H15ClN2OS. The van der Waals surface area contributed by atoms with Gasteiger partial charge in [0.25, 0.3) is 0 Å². The summed E-state index contributed by atoms with van der Waals surface area (Å²) in [6, 6.07) is 8.30. The molecule has 0 spiro atoms. The Labute approximate surface area is 121 Å². The summed E-state index contributed by atoms with van der Waals surface area (Å²) in [6.45, 7) is 2.64. The normalized spacial score (nSPS) is 10.4. The highest BCUT2D eigenvalue weighted by atomic mass is 35.5. The van der Waals surface area contributed by atoms with Gasteiger partial charge in [-0.15, -0.1) is 22.9 Å². The SMILES string of the molecule is Cc1ccc(-c2csc(CCNC(=O)CCl)n2)cc1. The molecule has 0 saturated carbocycles. The van der Waals surface area contributed by atoms with Crippen LogP contribution in [0.2, 0.25) is 0 Å². The van der Waals surface area contributed by atoms with Gasteiger partial charge in [-0.05, 0) is 6.92 Å². The first-order chi connectivity index (χ1) is 9.19. The van der Waals surface area contributed by atoms with Crippen molar-refractivity contribution in [2.24, 2.45) is 0 Å². The van der Waals surface area contributed by atoms with Gasteiger partial charge in [0.2, 0.25) is 5.91 Å². The Balaban J connectivity index is 1.95. The van der Waals surface area contributed by atoms with Crippen LogP contribution < -0.4 is 5.32 Å². The summed E-state index contributed by atoms with van der Waals surface area (Å²) in [5, 5.41) is 5.80. The molecule has 1 N–H and O–H groups in total. The Morgan fingerprint density at radius 1 is 1.37 bits per heavy atom. The molecular weight excluding hydrogens is 280 g/mol. The van der Waals surface area contributed by atoms with E-state index < -0.39 is 0 Å². The number of nitrogens with one attached hydrogen (secondary N) is 1. The molecule has 0 radical (unpaired) electrons. The summed E-state index contributed by atoms with van der Waals surface area (Å²) >= 11 is 7.02. The molecule has 100 valence electrons. The molecule has 0 atom stereocenters. The summed E-state index contributed by atoms with van der Waals surface area (Å²) in [4.78, 5) is 15.6. The van der Waals surface area contributed by atoms with E-state index in [2.05, 4.69) is 41.5 Å². The van der Waals surface area contributed by atoms with Crippen LogP contribution in [0, 0.1) is 6.92 Å². The third-order valence-electron chi connectivity index (χ3n) is 2.68. The zero-order chi connectivity index (χ0) is 13.7. The Morgan fingerprint density at radius 3 is 2.79 bits per heavy atom. The minimum absolute atomic E-state index is 0.00643. The van der Waals surface area contributed by atoms with Crippen LogP contribution in [-0.4, -0.2) is 23.3 Å². The maximum absolute atomic E-state index is 11.0. The number of nitrogens with zero attached hydrogens (tertiary/aromatic N) is 1. The molecule has 0 aliphatic heterocycles. The minimum atomic E-state index is -0.142. The summed E-state index contributed by atoms with van der Waals surface area (Å²) in [6.07, 6.45) is 0.735. The fourth-order valence-electron chi connectivity index (χ4n) is 1.64. The zero-order valence-corrected chi connectivity index (χ0v) is 12.2. The van der Waals surface area contributed by atoms with Gasteiger partial charge in [-0.1, -0.05) is 29.8 Å². The average Bonchev–Trinajstić information content (AvgIpc) is 2.88. The van der Waals surface area contributed by atoms with Gasteiger partial charge in [0, 0.05) is 23.9 Å². The number of carbonyl (C=O) groups is 1. The molecule has 1 aromatic carbocycles. The summed E-state index contributed by atoms with van der Waals surface area (Å²) in [7, 11) is 0. The molecule has 0 aliphatic carbocycles. The first-order valence-electron chi connectivity index (χ1n) is 6.03. The van der Waals surface area contributed by atoms with Crippen LogP contribution in [0.4, 0.5) is 0 Å². The number of amides is 1. The van der Waals surface area contributed by atoms with Gasteiger partial charge < -0.3 is 5.32 Å². The molecule has 0 unspecified atom stereocenters. The molecule has 1 amide bonds. The Bertz CT molecular complexity index is 551. The Kier molecular flexibility index (Phi) is 4.93. The summed E-state index contributed by atoms with van der Waals surface area (Å²) < 4.78 is 0. The zero-order valence-electron chi connectivity index (χ0n) is 10.6. The number of alkyl halides is 1. The van der Waals surface area contributed by atoms with E-state index in [9.17, 15) is 4.79 Å². The fraction of sp³-hybridized carbons (Fsp3) is 0.286. The average molecular weight is 295 g/mol. The van der Waals surface area contributed by atoms with Crippen LogP contribution in [0.5, 0.6) is 0 Å². The fourth-order valence-corrected chi connectivity index (χ4v) is 2.54. The van der Waals surface area contributed by atoms with Crippen LogP contribution >= 0.6 is 22.9 Å². The largest absolute Gasteiger partial charge is 0.355 e. The highest BCUT2D eigenvalue weighted by Gasteiger charge is 2.05. The predicted octanol–water partition coefficient (Wildman–Crippen LogP) is 3.02. The highest BCUT2D eigenvalue weighted by Crippen LogP contribution is 2.22. The van der Waals surface area contributed by atoms with Crippen LogP contribution in [0.3, 0.4) is 0 Å². The lowest BCUT2D eigenvalue weighted by Crippen LogP contribution is -2.26. The van der Waals surface area contributed by atoms with Gasteiger partial charge in [-0.2, -0.15) is 0 Å². The number of hydrogen-bond acceptors (Lipinski definition) is 3. The molecule has 3 nitrogen and oxygen atoms in total. The molecule has 0 fully saturated rings. The van der Waals surface area contributed by atoms with Crippen molar-refractivity contribution in [3.63, 3.8) is 0 Å². The second-order valence-electron chi connectivity index (χ2n) is 4.23. The molecule has 2 rings (SSSR count). The standard InChI is InChI=1S/C14H15ClN2OS/c1-10-2-4-11(5-3-10)12-9-19-14(17-12)6-7-16-13(18)8-15/h2-5,9H,6-8H2,1H3,(H,16,18). The molecule has 0 aliphatic rings. The molecule has 19 heavy (non-hydrogen) atoms. The van der Waals surface area contributed by atoms with Crippen LogP contribution in [0.15, 0.2) is 29.6 Å². The minimum Gasteiger partial charge on any atom is -0.355 e. The number of rotatable bonds is 5. The Morgan fingerprint density at radius 2 is 2.11 bits per heavy atom. The van der Waals surface area contributed by atoms with Crippen LogP contribution in [0.25, 0.3) is 11.3 Å². The van der Waals surface area contributed by atoms with Gasteiger partial charge in [0.05, 0.1) is 10.7 Å². The third-order valence-corrected chi connectivity index (χ3v) is 3.83. The van der Waals surface area contributed by atoms with Crippen molar-refractivity contribution in [3.8, 4) is 11.3 Å². The molecule has 1 heterocycles. The number of aromatic nitrogens is 1. The van der Waals surface area contributed by atoms with Crippen molar-refractivity contribution >= 4 is 28.8 Å². The topological polar surface area (TPSA) is 42.0 Å². The van der Waals surface area contributed by atoms with Crippen LogP contribution in [-0.2, 0) is 11.2 Å². The van der Waals surface area contributed by atoms with E-state index in [1.807, 2.05) is 5.38 Å². The second-order valence-corrected chi connectivity index (χ2v) is 5.44. The van der Waals surface area contributed by atoms with E-state index in [0.717, 1.165) is 22.7 Å².